The molecule has 106 valence electrons. The van der Waals surface area contributed by atoms with E-state index in [4.69, 9.17) is 5.84 Å². The number of nitrogens with two attached hydrogens (primary N) is 1. The monoisotopic (exact) mass is 286 g/mol. The molecule has 0 aromatic heterocycles. The average molecular weight is 286 g/mol. The minimum Gasteiger partial charge on any atom is -0.271 e. The maximum Gasteiger partial charge on any atom is 0.154 e. The Balaban J connectivity index is 2.18. The summed E-state index contributed by atoms with van der Waals surface area (Å²) in [5.41, 5.74) is 3.05. The van der Waals surface area contributed by atoms with Crippen LogP contribution in [-0.2, 0) is 16.3 Å². The van der Waals surface area contributed by atoms with Gasteiger partial charge in [0.2, 0.25) is 0 Å². The molecule has 1 heterocycles. The van der Waals surface area contributed by atoms with Gasteiger partial charge in [-0.15, -0.1) is 0 Å². The van der Waals surface area contributed by atoms with Gasteiger partial charge >= 0.3 is 0 Å². The van der Waals surface area contributed by atoms with E-state index in [-0.39, 0.29) is 18.0 Å². The molecule has 0 bridgehead atoms. The highest BCUT2D eigenvalue weighted by atomic mass is 32.2. The van der Waals surface area contributed by atoms with Crippen molar-refractivity contribution in [1.82, 2.24) is 5.43 Å². The van der Waals surface area contributed by atoms with Crippen LogP contribution in [0.3, 0.4) is 0 Å². The lowest BCUT2D eigenvalue weighted by molar-refractivity contribution is 0.435. The second-order valence-corrected chi connectivity index (χ2v) is 7.31. The molecular formula is C13H19FN2O2S. The van der Waals surface area contributed by atoms with E-state index in [1.54, 1.807) is 18.2 Å². The van der Waals surface area contributed by atoms with Crippen molar-refractivity contribution in [3.05, 3.63) is 35.6 Å². The second kappa shape index (κ2) is 5.98. The summed E-state index contributed by atoms with van der Waals surface area (Å²) in [6.45, 7) is 0. The topological polar surface area (TPSA) is 72.2 Å². The summed E-state index contributed by atoms with van der Waals surface area (Å²) in [7, 11) is -3.13. The highest BCUT2D eigenvalue weighted by Gasteiger charge is 2.35. The maximum absolute atomic E-state index is 13.6. The van der Waals surface area contributed by atoms with Crippen LogP contribution in [0.2, 0.25) is 0 Å². The smallest absolute Gasteiger partial charge is 0.154 e. The Labute approximate surface area is 113 Å². The van der Waals surface area contributed by atoms with E-state index in [9.17, 15) is 12.8 Å². The summed E-state index contributed by atoms with van der Waals surface area (Å²) in [6.07, 6.45) is 2.45. The van der Waals surface area contributed by atoms with E-state index >= 15 is 0 Å². The highest BCUT2D eigenvalue weighted by molar-refractivity contribution is 7.92. The van der Waals surface area contributed by atoms with Gasteiger partial charge in [0, 0.05) is 6.04 Å². The van der Waals surface area contributed by atoms with E-state index in [1.165, 1.54) is 6.07 Å². The van der Waals surface area contributed by atoms with E-state index < -0.39 is 21.1 Å². The van der Waals surface area contributed by atoms with Crippen molar-refractivity contribution < 1.29 is 12.8 Å². The molecule has 2 rings (SSSR count). The van der Waals surface area contributed by atoms with Crippen LogP contribution >= 0.6 is 0 Å². The zero-order valence-corrected chi connectivity index (χ0v) is 11.5. The SMILES string of the molecule is NNC(Cc1ccccc1F)C1CCCCS1(=O)=O. The van der Waals surface area contributed by atoms with E-state index in [0.29, 0.717) is 18.4 Å². The van der Waals surface area contributed by atoms with Crippen LogP contribution in [0, 0.1) is 5.82 Å². The number of benzene rings is 1. The molecule has 19 heavy (non-hydrogen) atoms. The Morgan fingerprint density at radius 3 is 2.74 bits per heavy atom. The van der Waals surface area contributed by atoms with Gasteiger partial charge < -0.3 is 0 Å². The normalized spacial score (nSPS) is 24.0. The third-order valence-corrected chi connectivity index (χ3v) is 6.03. The zero-order chi connectivity index (χ0) is 13.9. The molecule has 0 radical (unpaired) electrons. The Morgan fingerprint density at radius 2 is 2.11 bits per heavy atom. The summed E-state index contributed by atoms with van der Waals surface area (Å²) >= 11 is 0. The number of sulfone groups is 1. The largest absolute Gasteiger partial charge is 0.271 e. The van der Waals surface area contributed by atoms with E-state index in [1.807, 2.05) is 0 Å². The van der Waals surface area contributed by atoms with Crippen molar-refractivity contribution in [2.24, 2.45) is 5.84 Å². The fourth-order valence-corrected chi connectivity index (χ4v) is 4.74. The summed E-state index contributed by atoms with van der Waals surface area (Å²) in [4.78, 5) is 0. The number of halogens is 1. The molecule has 1 aromatic carbocycles. The number of hydrogen-bond donors (Lipinski definition) is 2. The fraction of sp³-hybridized carbons (Fsp3) is 0.538. The quantitative estimate of drug-likeness (QED) is 0.644. The summed E-state index contributed by atoms with van der Waals surface area (Å²) in [5.74, 6) is 5.36. The van der Waals surface area contributed by atoms with Crippen LogP contribution < -0.4 is 11.3 Å². The molecule has 0 amide bonds. The third kappa shape index (κ3) is 3.32. The van der Waals surface area contributed by atoms with Crippen molar-refractivity contribution in [3.63, 3.8) is 0 Å². The average Bonchev–Trinajstić information content (AvgIpc) is 2.38. The molecule has 0 aliphatic carbocycles. The molecule has 1 fully saturated rings. The van der Waals surface area contributed by atoms with Gasteiger partial charge in [-0.1, -0.05) is 24.6 Å². The number of hydrogen-bond acceptors (Lipinski definition) is 4. The first-order valence-corrected chi connectivity index (χ1v) is 8.17. The van der Waals surface area contributed by atoms with Gasteiger partial charge in [0.15, 0.2) is 9.84 Å². The van der Waals surface area contributed by atoms with Gasteiger partial charge in [0.1, 0.15) is 5.82 Å². The van der Waals surface area contributed by atoms with Crippen LogP contribution in [0.4, 0.5) is 4.39 Å². The lowest BCUT2D eigenvalue weighted by Crippen LogP contribution is -2.50. The molecule has 1 aliphatic heterocycles. The Bertz CT molecular complexity index is 533. The van der Waals surface area contributed by atoms with Crippen molar-refractivity contribution in [2.45, 2.75) is 37.0 Å². The molecule has 4 nitrogen and oxygen atoms in total. The van der Waals surface area contributed by atoms with Gasteiger partial charge in [0.25, 0.3) is 0 Å². The van der Waals surface area contributed by atoms with Crippen LogP contribution in [0.15, 0.2) is 24.3 Å². The number of hydrazine groups is 1. The van der Waals surface area contributed by atoms with Gasteiger partial charge in [-0.3, -0.25) is 11.3 Å². The molecule has 3 N–H and O–H groups in total. The standard InChI is InChI=1S/C13H19FN2O2S/c14-11-6-2-1-5-10(11)9-12(16-15)13-7-3-4-8-19(13,17)18/h1-2,5-6,12-13,16H,3-4,7-9,15H2. The molecule has 1 aliphatic rings. The molecule has 2 atom stereocenters. The van der Waals surface area contributed by atoms with Crippen LogP contribution in [0.5, 0.6) is 0 Å². The molecule has 1 aromatic rings. The fourth-order valence-electron chi connectivity index (χ4n) is 2.63. The van der Waals surface area contributed by atoms with E-state index in [0.717, 1.165) is 6.42 Å². The van der Waals surface area contributed by atoms with Gasteiger partial charge in [-0.25, -0.2) is 12.8 Å². The summed E-state index contributed by atoms with van der Waals surface area (Å²) < 4.78 is 37.8. The second-order valence-electron chi connectivity index (χ2n) is 4.97. The van der Waals surface area contributed by atoms with Crippen LogP contribution in [0.25, 0.3) is 0 Å². The summed E-state index contributed by atoms with van der Waals surface area (Å²) in [6, 6.07) is 5.94. The predicted octanol–water partition coefficient (Wildman–Crippen LogP) is 1.17. The minimum absolute atomic E-state index is 0.202. The first-order chi connectivity index (χ1) is 9.04. The number of rotatable bonds is 4. The molecular weight excluding hydrogens is 267 g/mol. The minimum atomic E-state index is -3.13. The molecule has 0 spiro atoms. The first kappa shape index (κ1) is 14.4. The Morgan fingerprint density at radius 1 is 1.37 bits per heavy atom. The molecule has 0 saturated carbocycles. The van der Waals surface area contributed by atoms with Crippen molar-refractivity contribution in [3.8, 4) is 0 Å². The van der Waals surface area contributed by atoms with Crippen molar-refractivity contribution in [2.75, 3.05) is 5.75 Å². The Hall–Kier alpha value is -0.980. The van der Waals surface area contributed by atoms with Crippen LogP contribution in [0.1, 0.15) is 24.8 Å². The third-order valence-electron chi connectivity index (χ3n) is 3.69. The van der Waals surface area contributed by atoms with Gasteiger partial charge in [-0.2, -0.15) is 0 Å². The lowest BCUT2D eigenvalue weighted by Gasteiger charge is -2.29. The van der Waals surface area contributed by atoms with Crippen LogP contribution in [-0.4, -0.2) is 25.5 Å². The van der Waals surface area contributed by atoms with Gasteiger partial charge in [0.05, 0.1) is 11.0 Å². The van der Waals surface area contributed by atoms with E-state index in [2.05, 4.69) is 5.43 Å². The predicted molar refractivity (Wildman–Crippen MR) is 72.6 cm³/mol. The van der Waals surface area contributed by atoms with Crippen molar-refractivity contribution >= 4 is 9.84 Å². The zero-order valence-electron chi connectivity index (χ0n) is 10.7. The van der Waals surface area contributed by atoms with Gasteiger partial charge in [-0.05, 0) is 30.9 Å². The molecule has 2 unspecified atom stereocenters. The lowest BCUT2D eigenvalue weighted by atomic mass is 10.00. The maximum atomic E-state index is 13.6. The van der Waals surface area contributed by atoms with Crippen molar-refractivity contribution in [1.29, 1.82) is 0 Å². The number of nitrogens with one attached hydrogen (secondary N) is 1. The first-order valence-electron chi connectivity index (χ1n) is 6.45. The highest BCUT2D eigenvalue weighted by Crippen LogP contribution is 2.24. The molecule has 6 heteroatoms. The molecule has 1 saturated heterocycles. The Kier molecular flexibility index (Phi) is 4.54. The summed E-state index contributed by atoms with van der Waals surface area (Å²) in [5, 5.41) is -0.522.